The number of hydrogen-bond acceptors (Lipinski definition) is 4. The molecule has 0 aromatic heterocycles. The van der Waals surface area contributed by atoms with Crippen LogP contribution in [-0.4, -0.2) is 45.5 Å². The molecule has 1 aliphatic heterocycles. The molecule has 0 spiro atoms. The fourth-order valence-electron chi connectivity index (χ4n) is 1.45. The van der Waals surface area contributed by atoms with Gasteiger partial charge in [-0.15, -0.1) is 0 Å². The topological polar surface area (TPSA) is 83.6 Å². The first-order valence-corrected chi connectivity index (χ1v) is 6.66. The zero-order valence-corrected chi connectivity index (χ0v) is 10.0. The summed E-state index contributed by atoms with van der Waals surface area (Å²) in [4.78, 5) is 35.3. The van der Waals surface area contributed by atoms with Crippen molar-refractivity contribution < 1.29 is 18.6 Å². The van der Waals surface area contributed by atoms with E-state index in [1.54, 1.807) is 6.92 Å². The van der Waals surface area contributed by atoms with Crippen LogP contribution in [0, 0.1) is 5.92 Å². The molecule has 4 amide bonds. The number of amides is 4. The van der Waals surface area contributed by atoms with Crippen LogP contribution < -0.4 is 5.32 Å². The van der Waals surface area contributed by atoms with Crippen molar-refractivity contribution in [1.82, 2.24) is 10.2 Å². The number of carbonyl (C=O) groups excluding carboxylic acids is 3. The molecule has 2 unspecified atom stereocenters. The van der Waals surface area contributed by atoms with Crippen LogP contribution in [0.3, 0.4) is 0 Å². The highest BCUT2D eigenvalue weighted by Crippen LogP contribution is 2.13. The van der Waals surface area contributed by atoms with Crippen molar-refractivity contribution in [2.45, 2.75) is 13.3 Å². The lowest BCUT2D eigenvalue weighted by Gasteiger charge is -2.29. The number of rotatable bonds is 4. The molecule has 0 aromatic rings. The zero-order valence-electron chi connectivity index (χ0n) is 9.19. The van der Waals surface area contributed by atoms with Crippen LogP contribution >= 0.6 is 0 Å². The molecule has 16 heavy (non-hydrogen) atoms. The van der Waals surface area contributed by atoms with E-state index < -0.39 is 34.6 Å². The maximum Gasteiger partial charge on any atom is 0.330 e. The lowest BCUT2D eigenvalue weighted by molar-refractivity contribution is -0.142. The van der Waals surface area contributed by atoms with E-state index in [9.17, 15) is 18.6 Å². The van der Waals surface area contributed by atoms with E-state index in [0.717, 1.165) is 4.90 Å². The Bertz CT molecular complexity index is 355. The van der Waals surface area contributed by atoms with E-state index in [0.29, 0.717) is 6.42 Å². The van der Waals surface area contributed by atoms with Crippen molar-refractivity contribution in [3.8, 4) is 0 Å². The Labute approximate surface area is 95.8 Å². The van der Waals surface area contributed by atoms with Crippen LogP contribution in [0.15, 0.2) is 0 Å². The number of nitrogens with zero attached hydrogens (tertiary/aromatic N) is 1. The summed E-state index contributed by atoms with van der Waals surface area (Å²) in [6.45, 7) is 1.78. The van der Waals surface area contributed by atoms with E-state index in [1.807, 2.05) is 0 Å². The van der Waals surface area contributed by atoms with Crippen molar-refractivity contribution in [2.75, 3.05) is 18.6 Å². The molecule has 1 fully saturated rings. The average molecular weight is 246 g/mol. The lowest BCUT2D eigenvalue weighted by Crippen LogP contribution is -2.58. The molecule has 1 heterocycles. The van der Waals surface area contributed by atoms with E-state index in [-0.39, 0.29) is 12.3 Å². The van der Waals surface area contributed by atoms with Gasteiger partial charge < -0.3 is 0 Å². The molecule has 0 saturated carbocycles. The molecule has 0 aliphatic carbocycles. The first-order chi connectivity index (χ1) is 7.47. The molecule has 1 rings (SSSR count). The number of carbonyl (C=O) groups is 3. The predicted molar refractivity (Wildman–Crippen MR) is 58.0 cm³/mol. The molecule has 90 valence electrons. The Morgan fingerprint density at radius 1 is 1.38 bits per heavy atom. The molecular formula is C9H14N2O4S. The van der Waals surface area contributed by atoms with Gasteiger partial charge in [-0.2, -0.15) is 0 Å². The largest absolute Gasteiger partial charge is 0.330 e. The van der Waals surface area contributed by atoms with E-state index in [4.69, 9.17) is 0 Å². The highest BCUT2D eigenvalue weighted by atomic mass is 32.2. The monoisotopic (exact) mass is 246 g/mol. The molecule has 6 nitrogen and oxygen atoms in total. The van der Waals surface area contributed by atoms with Crippen molar-refractivity contribution >= 4 is 28.6 Å². The minimum Gasteiger partial charge on any atom is -0.277 e. The summed E-state index contributed by atoms with van der Waals surface area (Å²) in [6.07, 6.45) is 1.85. The number of urea groups is 1. The molecule has 1 saturated heterocycles. The van der Waals surface area contributed by atoms with Crippen molar-refractivity contribution in [2.24, 2.45) is 5.92 Å². The van der Waals surface area contributed by atoms with Gasteiger partial charge in [0.05, 0.1) is 0 Å². The van der Waals surface area contributed by atoms with Crippen LogP contribution in [0.1, 0.15) is 13.3 Å². The molecule has 7 heteroatoms. The first kappa shape index (κ1) is 12.8. The Kier molecular flexibility index (Phi) is 4.17. The van der Waals surface area contributed by atoms with Crippen LogP contribution in [0.5, 0.6) is 0 Å². The molecular weight excluding hydrogens is 232 g/mol. The fourth-order valence-corrected chi connectivity index (χ4v) is 1.89. The summed E-state index contributed by atoms with van der Waals surface area (Å²) >= 11 is 0. The van der Waals surface area contributed by atoms with Crippen molar-refractivity contribution in [3.05, 3.63) is 0 Å². The normalized spacial score (nSPS) is 23.2. The van der Waals surface area contributed by atoms with Crippen molar-refractivity contribution in [1.29, 1.82) is 0 Å². The maximum atomic E-state index is 11.7. The maximum absolute atomic E-state index is 11.7. The van der Waals surface area contributed by atoms with Crippen LogP contribution in [0.4, 0.5) is 4.79 Å². The van der Waals surface area contributed by atoms with Gasteiger partial charge in [0.25, 0.3) is 0 Å². The van der Waals surface area contributed by atoms with Gasteiger partial charge in [-0.1, -0.05) is 6.92 Å². The summed E-state index contributed by atoms with van der Waals surface area (Å²) < 4.78 is 10.9. The third-order valence-electron chi connectivity index (χ3n) is 2.37. The third kappa shape index (κ3) is 2.66. The number of imide groups is 2. The minimum atomic E-state index is -1.08. The summed E-state index contributed by atoms with van der Waals surface area (Å²) in [5, 5.41) is 2.11. The van der Waals surface area contributed by atoms with E-state index in [1.165, 1.54) is 6.26 Å². The number of hydrogen-bond donors (Lipinski definition) is 1. The highest BCUT2D eigenvalue weighted by molar-refractivity contribution is 7.84. The SMILES string of the molecule is CCC1C(=O)NC(=O)N(CCS(C)=O)C1=O. The Morgan fingerprint density at radius 2 is 2.00 bits per heavy atom. The molecule has 2 atom stereocenters. The summed E-state index contributed by atoms with van der Waals surface area (Å²) in [5.41, 5.74) is 0. The van der Waals surface area contributed by atoms with E-state index >= 15 is 0 Å². The number of nitrogens with one attached hydrogen (secondary N) is 1. The van der Waals surface area contributed by atoms with E-state index in [2.05, 4.69) is 5.32 Å². The second kappa shape index (κ2) is 5.20. The van der Waals surface area contributed by atoms with Gasteiger partial charge in [0.15, 0.2) is 0 Å². The van der Waals surface area contributed by atoms with Crippen LogP contribution in [0.2, 0.25) is 0 Å². The smallest absolute Gasteiger partial charge is 0.277 e. The van der Waals surface area contributed by atoms with Gasteiger partial charge in [-0.25, -0.2) is 4.79 Å². The summed E-state index contributed by atoms with van der Waals surface area (Å²) in [7, 11) is -1.08. The third-order valence-corrected chi connectivity index (χ3v) is 3.12. The summed E-state index contributed by atoms with van der Waals surface area (Å²) in [5.74, 6) is -1.62. The average Bonchev–Trinajstić information content (AvgIpc) is 2.16. The zero-order chi connectivity index (χ0) is 12.3. The van der Waals surface area contributed by atoms with Crippen LogP contribution in [-0.2, 0) is 20.4 Å². The Morgan fingerprint density at radius 3 is 2.50 bits per heavy atom. The fraction of sp³-hybridized carbons (Fsp3) is 0.667. The second-order valence-corrected chi connectivity index (χ2v) is 5.08. The molecule has 0 bridgehead atoms. The minimum absolute atomic E-state index is 0.0809. The van der Waals surface area contributed by atoms with Gasteiger partial charge in [-0.3, -0.25) is 24.0 Å². The van der Waals surface area contributed by atoms with Gasteiger partial charge in [0.2, 0.25) is 11.8 Å². The Hall–Kier alpha value is -1.24. The second-order valence-electron chi connectivity index (χ2n) is 3.52. The molecule has 0 aromatic carbocycles. The number of barbiturate groups is 1. The van der Waals surface area contributed by atoms with Crippen LogP contribution in [0.25, 0.3) is 0 Å². The van der Waals surface area contributed by atoms with Gasteiger partial charge in [0, 0.05) is 29.4 Å². The standard InChI is InChI=1S/C9H14N2O4S/c1-3-6-7(12)10-9(14)11(8(6)13)4-5-16(2)15/h6H,3-5H2,1-2H3,(H,10,12,14). The predicted octanol–water partition coefficient (Wildman–Crippen LogP) is -0.530. The molecule has 1 aliphatic rings. The van der Waals surface area contributed by atoms with Gasteiger partial charge >= 0.3 is 6.03 Å². The lowest BCUT2D eigenvalue weighted by atomic mass is 10.0. The molecule has 0 radical (unpaired) electrons. The Balaban J connectivity index is 2.75. The first-order valence-electron chi connectivity index (χ1n) is 4.93. The van der Waals surface area contributed by atoms with Gasteiger partial charge in [-0.05, 0) is 6.42 Å². The quantitative estimate of drug-likeness (QED) is 0.676. The highest BCUT2D eigenvalue weighted by Gasteiger charge is 2.38. The van der Waals surface area contributed by atoms with Gasteiger partial charge in [0.1, 0.15) is 5.92 Å². The van der Waals surface area contributed by atoms with Crippen molar-refractivity contribution in [3.63, 3.8) is 0 Å². The molecule has 1 N–H and O–H groups in total. The summed E-state index contributed by atoms with van der Waals surface area (Å²) in [6, 6.07) is -0.717.